The first-order valence-corrected chi connectivity index (χ1v) is 8.96. The van der Waals surface area contributed by atoms with Crippen molar-refractivity contribution in [2.75, 3.05) is 13.7 Å². The highest BCUT2D eigenvalue weighted by Gasteiger charge is 2.25. The lowest BCUT2D eigenvalue weighted by Gasteiger charge is -2.28. The van der Waals surface area contributed by atoms with Crippen molar-refractivity contribution in [3.63, 3.8) is 0 Å². The molecule has 1 aliphatic rings. The number of halogens is 3. The summed E-state index contributed by atoms with van der Waals surface area (Å²) < 4.78 is 54.1. The third kappa shape index (κ3) is 3.79. The van der Waals surface area contributed by atoms with Gasteiger partial charge in [-0.25, -0.2) is 13.2 Å². The lowest BCUT2D eigenvalue weighted by molar-refractivity contribution is -0.0735. The van der Waals surface area contributed by atoms with E-state index >= 15 is 0 Å². The molecule has 2 atom stereocenters. The first kappa shape index (κ1) is 18.9. The molecule has 1 heterocycles. The topological polar surface area (TPSA) is 18.5 Å². The van der Waals surface area contributed by atoms with Crippen molar-refractivity contribution in [3.8, 4) is 11.1 Å². The maximum absolute atomic E-state index is 14.6. The first-order valence-electron chi connectivity index (χ1n) is 8.96. The smallest absolute Gasteiger partial charge is 0.166 e. The normalized spacial score (nSPS) is 20.3. The number of hydrogen-bond donors (Lipinski definition) is 0. The monoisotopic (exact) mass is 364 g/mol. The van der Waals surface area contributed by atoms with Gasteiger partial charge in [0.2, 0.25) is 0 Å². The van der Waals surface area contributed by atoms with Crippen LogP contribution in [0.5, 0.6) is 0 Å². The van der Waals surface area contributed by atoms with Gasteiger partial charge in [-0.3, -0.25) is 0 Å². The van der Waals surface area contributed by atoms with Gasteiger partial charge in [-0.05, 0) is 36.5 Å². The molecule has 26 heavy (non-hydrogen) atoms. The molecule has 1 fully saturated rings. The van der Waals surface area contributed by atoms with Crippen LogP contribution in [0.3, 0.4) is 0 Å². The summed E-state index contributed by atoms with van der Waals surface area (Å²) in [7, 11) is 1.63. The Hall–Kier alpha value is -1.85. The van der Waals surface area contributed by atoms with Crippen molar-refractivity contribution in [2.24, 2.45) is 0 Å². The zero-order chi connectivity index (χ0) is 18.7. The molecule has 0 N–H and O–H groups in total. The number of ether oxygens (including phenoxy) is 2. The molecule has 3 rings (SSSR count). The van der Waals surface area contributed by atoms with E-state index in [4.69, 9.17) is 9.47 Å². The summed E-state index contributed by atoms with van der Waals surface area (Å²) in [5, 5.41) is 0. The summed E-state index contributed by atoms with van der Waals surface area (Å²) in [4.78, 5) is 0. The van der Waals surface area contributed by atoms with Crippen molar-refractivity contribution in [3.05, 3.63) is 58.9 Å². The van der Waals surface area contributed by atoms with E-state index in [1.807, 2.05) is 6.92 Å². The molecule has 2 unspecified atom stereocenters. The number of hydrogen-bond acceptors (Lipinski definition) is 2. The van der Waals surface area contributed by atoms with Crippen LogP contribution >= 0.6 is 0 Å². The van der Waals surface area contributed by atoms with E-state index in [2.05, 4.69) is 0 Å². The van der Waals surface area contributed by atoms with Crippen LogP contribution in [0.4, 0.5) is 13.2 Å². The van der Waals surface area contributed by atoms with Crippen LogP contribution in [-0.2, 0) is 15.9 Å². The van der Waals surface area contributed by atoms with Crippen LogP contribution in [0, 0.1) is 17.5 Å². The third-order valence-electron chi connectivity index (χ3n) is 4.91. The molecule has 0 amide bonds. The number of rotatable bonds is 5. The molecule has 0 radical (unpaired) electrons. The van der Waals surface area contributed by atoms with E-state index in [1.165, 1.54) is 12.1 Å². The van der Waals surface area contributed by atoms with Gasteiger partial charge < -0.3 is 9.47 Å². The summed E-state index contributed by atoms with van der Waals surface area (Å²) in [5.74, 6) is -2.25. The number of aryl methyl sites for hydroxylation is 1. The SMILES string of the molecule is CCCc1ccc(-c2ccc(C3CCC(OC)CO3)c(F)c2)c(F)c1F. The van der Waals surface area contributed by atoms with Gasteiger partial charge in [0.05, 0.1) is 18.8 Å². The van der Waals surface area contributed by atoms with E-state index in [0.29, 0.717) is 36.1 Å². The Morgan fingerprint density at radius 3 is 2.50 bits per heavy atom. The van der Waals surface area contributed by atoms with E-state index < -0.39 is 17.5 Å². The predicted molar refractivity (Wildman–Crippen MR) is 94.5 cm³/mol. The molecule has 0 bridgehead atoms. The Balaban J connectivity index is 1.85. The van der Waals surface area contributed by atoms with E-state index in [-0.39, 0.29) is 17.8 Å². The zero-order valence-corrected chi connectivity index (χ0v) is 15.0. The van der Waals surface area contributed by atoms with Crippen LogP contribution in [0.15, 0.2) is 30.3 Å². The fraction of sp³-hybridized carbons (Fsp3) is 0.429. The molecule has 1 saturated heterocycles. The molecule has 0 aromatic heterocycles. The highest BCUT2D eigenvalue weighted by Crippen LogP contribution is 2.34. The van der Waals surface area contributed by atoms with Crippen LogP contribution in [0.1, 0.15) is 43.4 Å². The Morgan fingerprint density at radius 1 is 1.08 bits per heavy atom. The second-order valence-corrected chi connectivity index (χ2v) is 6.64. The molecule has 1 aliphatic heterocycles. The van der Waals surface area contributed by atoms with Crippen molar-refractivity contribution in [1.29, 1.82) is 0 Å². The molecule has 5 heteroatoms. The van der Waals surface area contributed by atoms with E-state index in [0.717, 1.165) is 12.8 Å². The van der Waals surface area contributed by atoms with Gasteiger partial charge in [-0.2, -0.15) is 0 Å². The Bertz CT molecular complexity index is 768. The standard InChI is InChI=1S/C21H23F3O2/c1-3-4-13-5-8-16(21(24)20(13)23)14-6-9-17(18(22)11-14)19-10-7-15(25-2)12-26-19/h5-6,8-9,11,15,19H,3-4,7,10,12H2,1-2H3. The average molecular weight is 364 g/mol. The number of benzene rings is 2. The van der Waals surface area contributed by atoms with Crippen molar-refractivity contribution in [2.45, 2.75) is 44.8 Å². The maximum Gasteiger partial charge on any atom is 0.166 e. The fourth-order valence-electron chi connectivity index (χ4n) is 3.39. The minimum absolute atomic E-state index is 0.0345. The van der Waals surface area contributed by atoms with Crippen LogP contribution in [0.25, 0.3) is 11.1 Å². The molecule has 2 aromatic rings. The molecule has 0 saturated carbocycles. The van der Waals surface area contributed by atoms with Crippen LogP contribution in [0.2, 0.25) is 0 Å². The van der Waals surface area contributed by atoms with Crippen LogP contribution < -0.4 is 0 Å². The van der Waals surface area contributed by atoms with Gasteiger partial charge in [0, 0.05) is 18.2 Å². The second kappa shape index (κ2) is 8.23. The minimum atomic E-state index is -0.931. The van der Waals surface area contributed by atoms with Crippen molar-refractivity contribution < 1.29 is 22.6 Å². The van der Waals surface area contributed by atoms with Gasteiger partial charge in [-0.15, -0.1) is 0 Å². The maximum atomic E-state index is 14.6. The Kier molecular flexibility index (Phi) is 5.99. The molecular formula is C21H23F3O2. The first-order chi connectivity index (χ1) is 12.5. The van der Waals surface area contributed by atoms with Gasteiger partial charge in [-0.1, -0.05) is 37.6 Å². The summed E-state index contributed by atoms with van der Waals surface area (Å²) >= 11 is 0. The fourth-order valence-corrected chi connectivity index (χ4v) is 3.39. The Labute approximate surface area is 151 Å². The van der Waals surface area contributed by atoms with Crippen molar-refractivity contribution >= 4 is 0 Å². The van der Waals surface area contributed by atoms with Gasteiger partial charge >= 0.3 is 0 Å². The second-order valence-electron chi connectivity index (χ2n) is 6.64. The lowest BCUT2D eigenvalue weighted by atomic mass is 9.95. The van der Waals surface area contributed by atoms with Gasteiger partial charge in [0.15, 0.2) is 11.6 Å². The molecule has 0 spiro atoms. The third-order valence-corrected chi connectivity index (χ3v) is 4.91. The molecule has 0 aliphatic carbocycles. The van der Waals surface area contributed by atoms with Crippen molar-refractivity contribution in [1.82, 2.24) is 0 Å². The number of methoxy groups -OCH3 is 1. The highest BCUT2D eigenvalue weighted by molar-refractivity contribution is 5.65. The zero-order valence-electron chi connectivity index (χ0n) is 15.0. The highest BCUT2D eigenvalue weighted by atomic mass is 19.2. The van der Waals surface area contributed by atoms with Crippen LogP contribution in [-0.4, -0.2) is 19.8 Å². The lowest BCUT2D eigenvalue weighted by Crippen LogP contribution is -2.26. The Morgan fingerprint density at radius 2 is 1.88 bits per heavy atom. The van der Waals surface area contributed by atoms with Gasteiger partial charge in [0.25, 0.3) is 0 Å². The van der Waals surface area contributed by atoms with E-state index in [9.17, 15) is 13.2 Å². The molecule has 140 valence electrons. The summed E-state index contributed by atoms with van der Waals surface area (Å²) in [5.41, 5.74) is 1.16. The predicted octanol–water partition coefficient (Wildman–Crippen LogP) is 5.59. The molecule has 2 nitrogen and oxygen atoms in total. The van der Waals surface area contributed by atoms with Gasteiger partial charge in [0.1, 0.15) is 5.82 Å². The average Bonchev–Trinajstić information content (AvgIpc) is 2.66. The summed E-state index contributed by atoms with van der Waals surface area (Å²) in [6.45, 7) is 2.32. The van der Waals surface area contributed by atoms with E-state index in [1.54, 1.807) is 25.3 Å². The minimum Gasteiger partial charge on any atom is -0.379 e. The molecule has 2 aromatic carbocycles. The summed E-state index contributed by atoms with van der Waals surface area (Å²) in [6, 6.07) is 7.54. The quantitative estimate of drug-likeness (QED) is 0.688. The largest absolute Gasteiger partial charge is 0.379 e. The molecular weight excluding hydrogens is 341 g/mol. The summed E-state index contributed by atoms with van der Waals surface area (Å²) in [6.07, 6.45) is 2.34.